The van der Waals surface area contributed by atoms with Crippen molar-refractivity contribution in [3.63, 3.8) is 0 Å². The van der Waals surface area contributed by atoms with E-state index in [-0.39, 0.29) is 18.0 Å². The average molecular weight is 426 g/mol. The van der Waals surface area contributed by atoms with Crippen LogP contribution in [0, 0.1) is 0 Å². The van der Waals surface area contributed by atoms with Crippen molar-refractivity contribution >= 4 is 22.9 Å². The molecule has 0 unspecified atom stereocenters. The van der Waals surface area contributed by atoms with Gasteiger partial charge in [-0.15, -0.1) is 11.3 Å². The molecule has 1 fully saturated rings. The lowest BCUT2D eigenvalue weighted by molar-refractivity contribution is 0.0863. The number of hydrogen-bond donors (Lipinski definition) is 1. The van der Waals surface area contributed by atoms with E-state index in [1.54, 1.807) is 30.6 Å². The zero-order chi connectivity index (χ0) is 20.9. The first-order valence-corrected chi connectivity index (χ1v) is 11.0. The van der Waals surface area contributed by atoms with Crippen molar-refractivity contribution in [2.75, 3.05) is 38.2 Å². The number of furan rings is 1. The normalized spacial score (nSPS) is 16.8. The molecule has 0 saturated carbocycles. The van der Waals surface area contributed by atoms with Gasteiger partial charge in [-0.3, -0.25) is 9.69 Å². The van der Waals surface area contributed by atoms with Crippen molar-refractivity contribution in [3.8, 4) is 5.75 Å². The van der Waals surface area contributed by atoms with Gasteiger partial charge >= 0.3 is 0 Å². The molecule has 1 aromatic carbocycles. The van der Waals surface area contributed by atoms with Crippen LogP contribution in [0.5, 0.6) is 5.75 Å². The lowest BCUT2D eigenvalue weighted by atomic mass is 10.0. The number of para-hydroxylation sites is 2. The zero-order valence-corrected chi connectivity index (χ0v) is 18.1. The van der Waals surface area contributed by atoms with Gasteiger partial charge in [0.2, 0.25) is 0 Å². The van der Waals surface area contributed by atoms with Crippen molar-refractivity contribution in [1.29, 1.82) is 0 Å². The van der Waals surface area contributed by atoms with E-state index in [1.807, 2.05) is 18.2 Å². The van der Waals surface area contributed by atoms with E-state index in [1.165, 1.54) is 11.1 Å². The summed E-state index contributed by atoms with van der Waals surface area (Å²) in [6.07, 6.45) is 1.52. The summed E-state index contributed by atoms with van der Waals surface area (Å²) in [6, 6.07) is 15.8. The van der Waals surface area contributed by atoms with E-state index in [4.69, 9.17) is 9.15 Å². The minimum atomic E-state index is -0.179. The van der Waals surface area contributed by atoms with Crippen LogP contribution in [0.1, 0.15) is 28.4 Å². The number of rotatable bonds is 7. The fraction of sp³-hybridized carbons (Fsp3) is 0.348. The molecule has 6 nitrogen and oxygen atoms in total. The second-order valence-electron chi connectivity index (χ2n) is 7.39. The Balaban J connectivity index is 1.47. The van der Waals surface area contributed by atoms with E-state index in [0.29, 0.717) is 5.76 Å². The highest BCUT2D eigenvalue weighted by Crippen LogP contribution is 2.32. The van der Waals surface area contributed by atoms with Crippen LogP contribution in [0.15, 0.2) is 64.6 Å². The molecule has 1 amide bonds. The summed E-state index contributed by atoms with van der Waals surface area (Å²) < 4.78 is 10.8. The van der Waals surface area contributed by atoms with E-state index in [9.17, 15) is 4.79 Å². The topological polar surface area (TPSA) is 58.0 Å². The monoisotopic (exact) mass is 425 g/mol. The minimum Gasteiger partial charge on any atom is -0.495 e. The van der Waals surface area contributed by atoms with Gasteiger partial charge in [0.05, 0.1) is 25.1 Å². The number of ether oxygens (including phenoxy) is 1. The molecule has 4 rings (SSSR count). The van der Waals surface area contributed by atoms with Crippen LogP contribution in [0.4, 0.5) is 5.69 Å². The molecule has 3 heterocycles. The molecule has 0 bridgehead atoms. The van der Waals surface area contributed by atoms with Gasteiger partial charge in [0.15, 0.2) is 5.76 Å². The van der Waals surface area contributed by atoms with E-state index < -0.39 is 0 Å². The number of benzene rings is 1. The second-order valence-corrected chi connectivity index (χ2v) is 8.37. The molecule has 2 aromatic heterocycles. The molecule has 1 saturated heterocycles. The fourth-order valence-corrected chi connectivity index (χ4v) is 5.06. The molecule has 3 aromatic rings. The van der Waals surface area contributed by atoms with Gasteiger partial charge in [0.25, 0.3) is 5.91 Å². The first kappa shape index (κ1) is 20.5. The van der Waals surface area contributed by atoms with Crippen molar-refractivity contribution in [2.24, 2.45) is 0 Å². The lowest BCUT2D eigenvalue weighted by Crippen LogP contribution is -2.52. The Morgan fingerprint density at radius 1 is 1.10 bits per heavy atom. The Morgan fingerprint density at radius 3 is 2.57 bits per heavy atom. The molecule has 7 heteroatoms. The Kier molecular flexibility index (Phi) is 6.40. The van der Waals surface area contributed by atoms with Gasteiger partial charge < -0.3 is 19.4 Å². The molecule has 0 radical (unpaired) electrons. The van der Waals surface area contributed by atoms with Crippen molar-refractivity contribution in [3.05, 3.63) is 70.8 Å². The molecule has 1 aliphatic heterocycles. The summed E-state index contributed by atoms with van der Waals surface area (Å²) in [5.41, 5.74) is 1.13. The molecule has 0 aliphatic carbocycles. The van der Waals surface area contributed by atoms with Crippen LogP contribution >= 0.6 is 11.3 Å². The molecule has 158 valence electrons. The molecule has 1 aliphatic rings. The fourth-order valence-electron chi connectivity index (χ4n) is 4.10. The maximum Gasteiger partial charge on any atom is 0.287 e. The summed E-state index contributed by atoms with van der Waals surface area (Å²) in [5.74, 6) is 1.06. The third-order valence-corrected chi connectivity index (χ3v) is 6.49. The molecule has 1 N–H and O–H groups in total. The molecular weight excluding hydrogens is 398 g/mol. The average Bonchev–Trinajstić information content (AvgIpc) is 3.49. The van der Waals surface area contributed by atoms with Crippen LogP contribution in [0.3, 0.4) is 0 Å². The number of methoxy groups -OCH3 is 1. The molecule has 2 atom stereocenters. The summed E-state index contributed by atoms with van der Waals surface area (Å²) in [4.78, 5) is 18.6. The first-order valence-electron chi connectivity index (χ1n) is 10.2. The summed E-state index contributed by atoms with van der Waals surface area (Å²) in [6.45, 7) is 5.68. The Hall–Kier alpha value is -2.77. The van der Waals surface area contributed by atoms with Crippen molar-refractivity contribution in [1.82, 2.24) is 10.2 Å². The minimum absolute atomic E-state index is 0.0564. The van der Waals surface area contributed by atoms with Crippen LogP contribution in [0.25, 0.3) is 0 Å². The van der Waals surface area contributed by atoms with Gasteiger partial charge in [0, 0.05) is 37.1 Å². The zero-order valence-electron chi connectivity index (χ0n) is 17.3. The Morgan fingerprint density at radius 2 is 1.90 bits per heavy atom. The molecule has 30 heavy (non-hydrogen) atoms. The summed E-state index contributed by atoms with van der Waals surface area (Å²) in [5, 5.41) is 5.22. The van der Waals surface area contributed by atoms with Crippen LogP contribution in [-0.2, 0) is 0 Å². The maximum atomic E-state index is 12.5. The number of thiophene rings is 1. The summed E-state index contributed by atoms with van der Waals surface area (Å²) in [7, 11) is 1.71. The van der Waals surface area contributed by atoms with Crippen LogP contribution < -0.4 is 15.0 Å². The standard InChI is InChI=1S/C23H27N3O3S/c1-17(24-23(27)20-9-5-15-29-20)22(21-10-6-16-30-21)26-13-11-25(12-14-26)18-7-3-4-8-19(18)28-2/h3-10,15-17,22H,11-14H2,1-2H3,(H,24,27)/t17-,22+/m0/s1. The number of carbonyl (C=O) groups is 1. The number of anilines is 1. The first-order chi connectivity index (χ1) is 14.7. The predicted octanol–water partition coefficient (Wildman–Crippen LogP) is 4.03. The van der Waals surface area contributed by atoms with Crippen molar-refractivity contribution < 1.29 is 13.9 Å². The third kappa shape index (κ3) is 4.37. The van der Waals surface area contributed by atoms with Crippen LogP contribution in [-0.4, -0.2) is 50.1 Å². The Bertz CT molecular complexity index is 935. The molecular formula is C23H27N3O3S. The van der Waals surface area contributed by atoms with Crippen LogP contribution in [0.2, 0.25) is 0 Å². The SMILES string of the molecule is COc1ccccc1N1CCN([C@@H](c2cccs2)[C@H](C)NC(=O)c2ccco2)CC1. The van der Waals surface area contributed by atoms with E-state index in [2.05, 4.69) is 45.6 Å². The highest BCUT2D eigenvalue weighted by atomic mass is 32.1. The quantitative estimate of drug-likeness (QED) is 0.619. The number of hydrogen-bond acceptors (Lipinski definition) is 6. The van der Waals surface area contributed by atoms with Gasteiger partial charge in [-0.2, -0.15) is 0 Å². The predicted molar refractivity (Wildman–Crippen MR) is 119 cm³/mol. The van der Waals surface area contributed by atoms with Crippen molar-refractivity contribution in [2.45, 2.75) is 19.0 Å². The van der Waals surface area contributed by atoms with Gasteiger partial charge in [0.1, 0.15) is 5.75 Å². The lowest BCUT2D eigenvalue weighted by Gasteiger charge is -2.42. The highest BCUT2D eigenvalue weighted by Gasteiger charge is 2.31. The smallest absolute Gasteiger partial charge is 0.287 e. The highest BCUT2D eigenvalue weighted by molar-refractivity contribution is 7.10. The number of amides is 1. The molecule has 0 spiro atoms. The van der Waals surface area contributed by atoms with E-state index >= 15 is 0 Å². The van der Waals surface area contributed by atoms with Gasteiger partial charge in [-0.25, -0.2) is 0 Å². The van der Waals surface area contributed by atoms with E-state index in [0.717, 1.165) is 37.6 Å². The number of nitrogens with zero attached hydrogens (tertiary/aromatic N) is 2. The number of carbonyl (C=O) groups excluding carboxylic acids is 1. The summed E-state index contributed by atoms with van der Waals surface area (Å²) >= 11 is 1.73. The second kappa shape index (κ2) is 9.36. The third-order valence-electron chi connectivity index (χ3n) is 5.55. The largest absolute Gasteiger partial charge is 0.495 e. The number of nitrogens with one attached hydrogen (secondary N) is 1. The van der Waals surface area contributed by atoms with Gasteiger partial charge in [-0.1, -0.05) is 18.2 Å². The number of piperazine rings is 1. The van der Waals surface area contributed by atoms with Gasteiger partial charge in [-0.05, 0) is 42.6 Å². The Labute approximate surface area is 181 Å². The maximum absolute atomic E-state index is 12.5.